The van der Waals surface area contributed by atoms with Crippen LogP contribution in [0.2, 0.25) is 0 Å². The smallest absolute Gasteiger partial charge is 0.313 e. The molecule has 1 heterocycles. The Morgan fingerprint density at radius 2 is 1.88 bits per heavy atom. The van der Waals surface area contributed by atoms with Gasteiger partial charge in [-0.15, -0.1) is 11.8 Å². The second-order valence-electron chi connectivity index (χ2n) is 4.93. The molecule has 0 unspecified atom stereocenters. The predicted octanol–water partition coefficient (Wildman–Crippen LogP) is 1.84. The Balaban J connectivity index is 2.28. The highest BCUT2D eigenvalue weighted by Gasteiger charge is 2.29. The lowest BCUT2D eigenvalue weighted by Gasteiger charge is -2.38. The number of hydrogen-bond donors (Lipinski definition) is 1. The van der Waals surface area contributed by atoms with Crippen LogP contribution in [0.15, 0.2) is 0 Å². The van der Waals surface area contributed by atoms with Crippen LogP contribution >= 0.6 is 11.8 Å². The normalized spacial score (nSPS) is 19.1. The van der Waals surface area contributed by atoms with Gasteiger partial charge < -0.3 is 10.0 Å². The van der Waals surface area contributed by atoms with Crippen molar-refractivity contribution in [3.8, 4) is 0 Å². The van der Waals surface area contributed by atoms with E-state index < -0.39 is 5.97 Å². The van der Waals surface area contributed by atoms with Crippen LogP contribution in [-0.4, -0.2) is 46.5 Å². The molecule has 4 nitrogen and oxygen atoms in total. The van der Waals surface area contributed by atoms with E-state index >= 15 is 0 Å². The third kappa shape index (κ3) is 4.58. The SMILES string of the molecule is CCC1(C)CCN(C(=O)CSCC(=O)O)CC1. The summed E-state index contributed by atoms with van der Waals surface area (Å²) in [7, 11) is 0. The Morgan fingerprint density at radius 1 is 1.29 bits per heavy atom. The van der Waals surface area contributed by atoms with Gasteiger partial charge in [0, 0.05) is 13.1 Å². The first-order chi connectivity index (χ1) is 7.97. The lowest BCUT2D eigenvalue weighted by Crippen LogP contribution is -2.42. The Hall–Kier alpha value is -0.710. The predicted molar refractivity (Wildman–Crippen MR) is 69.2 cm³/mol. The van der Waals surface area contributed by atoms with Crippen molar-refractivity contribution < 1.29 is 14.7 Å². The van der Waals surface area contributed by atoms with Crippen LogP contribution in [0.1, 0.15) is 33.1 Å². The molecule has 1 saturated heterocycles. The summed E-state index contributed by atoms with van der Waals surface area (Å²) in [5.74, 6) is -0.490. The minimum absolute atomic E-state index is 0.00621. The van der Waals surface area contributed by atoms with E-state index in [1.165, 1.54) is 11.8 Å². The van der Waals surface area contributed by atoms with E-state index in [0.29, 0.717) is 5.41 Å². The van der Waals surface area contributed by atoms with Crippen molar-refractivity contribution in [3.63, 3.8) is 0 Å². The number of carbonyl (C=O) groups excluding carboxylic acids is 1. The van der Waals surface area contributed by atoms with E-state index in [1.54, 1.807) is 0 Å². The van der Waals surface area contributed by atoms with Gasteiger partial charge >= 0.3 is 5.97 Å². The molecule has 1 rings (SSSR count). The summed E-state index contributed by atoms with van der Waals surface area (Å²) in [6, 6.07) is 0. The van der Waals surface area contributed by atoms with Gasteiger partial charge in [-0.1, -0.05) is 20.3 Å². The van der Waals surface area contributed by atoms with E-state index in [2.05, 4.69) is 13.8 Å². The van der Waals surface area contributed by atoms with Gasteiger partial charge in [-0.3, -0.25) is 9.59 Å². The Kier molecular flexibility index (Phi) is 5.31. The average Bonchev–Trinajstić information content (AvgIpc) is 2.29. The minimum Gasteiger partial charge on any atom is -0.481 e. The van der Waals surface area contributed by atoms with Crippen LogP contribution in [0.5, 0.6) is 0 Å². The molecule has 98 valence electrons. The number of piperidine rings is 1. The van der Waals surface area contributed by atoms with Crippen molar-refractivity contribution in [2.45, 2.75) is 33.1 Å². The van der Waals surface area contributed by atoms with Crippen LogP contribution < -0.4 is 0 Å². The molecule has 1 aliphatic rings. The third-order valence-electron chi connectivity index (χ3n) is 3.63. The minimum atomic E-state index is -0.861. The molecule has 1 N–H and O–H groups in total. The topological polar surface area (TPSA) is 57.6 Å². The molecule has 0 aromatic heterocycles. The van der Waals surface area contributed by atoms with E-state index in [1.807, 2.05) is 4.90 Å². The molecule has 0 aliphatic carbocycles. The molecule has 0 aromatic carbocycles. The first-order valence-electron chi connectivity index (χ1n) is 6.04. The molecule has 17 heavy (non-hydrogen) atoms. The summed E-state index contributed by atoms with van der Waals surface area (Å²) in [6.45, 7) is 6.10. The first kappa shape index (κ1) is 14.4. The molecule has 1 amide bonds. The zero-order valence-electron chi connectivity index (χ0n) is 10.6. The highest BCUT2D eigenvalue weighted by atomic mass is 32.2. The lowest BCUT2D eigenvalue weighted by molar-refractivity contribution is -0.133. The quantitative estimate of drug-likeness (QED) is 0.818. The number of likely N-dealkylation sites (tertiary alicyclic amines) is 1. The fourth-order valence-electron chi connectivity index (χ4n) is 1.97. The maximum atomic E-state index is 11.8. The molecule has 0 atom stereocenters. The lowest BCUT2D eigenvalue weighted by atomic mass is 9.78. The summed E-state index contributed by atoms with van der Waals surface area (Å²) < 4.78 is 0. The zero-order chi connectivity index (χ0) is 12.9. The summed E-state index contributed by atoms with van der Waals surface area (Å²) in [5.41, 5.74) is 0.380. The van der Waals surface area contributed by atoms with E-state index in [0.717, 1.165) is 32.4 Å². The third-order valence-corrected chi connectivity index (χ3v) is 4.53. The molecule has 0 radical (unpaired) electrons. The molecule has 0 saturated carbocycles. The highest BCUT2D eigenvalue weighted by molar-refractivity contribution is 8.00. The number of carbonyl (C=O) groups is 2. The van der Waals surface area contributed by atoms with Crippen molar-refractivity contribution in [2.24, 2.45) is 5.41 Å². The van der Waals surface area contributed by atoms with Crippen molar-refractivity contribution >= 4 is 23.6 Å². The molecular formula is C12H21NO3S. The average molecular weight is 259 g/mol. The number of thioether (sulfide) groups is 1. The standard InChI is InChI=1S/C12H21NO3S/c1-3-12(2)4-6-13(7-5-12)10(14)8-17-9-11(15)16/h3-9H2,1-2H3,(H,15,16). The zero-order valence-corrected chi connectivity index (χ0v) is 11.4. The van der Waals surface area contributed by atoms with Crippen LogP contribution in [0, 0.1) is 5.41 Å². The first-order valence-corrected chi connectivity index (χ1v) is 7.19. The molecule has 5 heteroatoms. The van der Waals surface area contributed by atoms with Gasteiger partial charge in [0.05, 0.1) is 11.5 Å². The number of amides is 1. The number of rotatable bonds is 5. The fourth-order valence-corrected chi connectivity index (χ4v) is 2.60. The van der Waals surface area contributed by atoms with Crippen LogP contribution in [-0.2, 0) is 9.59 Å². The maximum Gasteiger partial charge on any atom is 0.313 e. The number of hydrogen-bond acceptors (Lipinski definition) is 3. The number of carboxylic acid groups (broad SMARTS) is 1. The fraction of sp³-hybridized carbons (Fsp3) is 0.833. The molecular weight excluding hydrogens is 238 g/mol. The van der Waals surface area contributed by atoms with E-state index in [9.17, 15) is 9.59 Å². The summed E-state index contributed by atoms with van der Waals surface area (Å²) in [4.78, 5) is 24.0. The highest BCUT2D eigenvalue weighted by Crippen LogP contribution is 2.33. The molecule has 0 aromatic rings. The van der Waals surface area contributed by atoms with Gasteiger partial charge in [0.25, 0.3) is 0 Å². The molecule has 0 spiro atoms. The number of carboxylic acids is 1. The Bertz CT molecular complexity index is 285. The second-order valence-corrected chi connectivity index (χ2v) is 5.92. The number of aliphatic carboxylic acids is 1. The van der Waals surface area contributed by atoms with Gasteiger partial charge in [0.15, 0.2) is 0 Å². The van der Waals surface area contributed by atoms with Crippen molar-refractivity contribution in [1.29, 1.82) is 0 Å². The Labute approximate surface area is 107 Å². The van der Waals surface area contributed by atoms with E-state index in [-0.39, 0.29) is 17.4 Å². The molecule has 1 fully saturated rings. The van der Waals surface area contributed by atoms with Crippen molar-refractivity contribution in [3.05, 3.63) is 0 Å². The monoisotopic (exact) mass is 259 g/mol. The second kappa shape index (κ2) is 6.28. The van der Waals surface area contributed by atoms with E-state index in [4.69, 9.17) is 5.11 Å². The van der Waals surface area contributed by atoms with Gasteiger partial charge in [-0.25, -0.2) is 0 Å². The van der Waals surface area contributed by atoms with Gasteiger partial charge in [-0.05, 0) is 18.3 Å². The maximum absolute atomic E-state index is 11.8. The number of nitrogens with zero attached hydrogens (tertiary/aromatic N) is 1. The molecule has 1 aliphatic heterocycles. The summed E-state index contributed by atoms with van der Waals surface area (Å²) in [6.07, 6.45) is 3.26. The van der Waals surface area contributed by atoms with Gasteiger partial charge in [0.2, 0.25) is 5.91 Å². The largest absolute Gasteiger partial charge is 0.481 e. The van der Waals surface area contributed by atoms with Gasteiger partial charge in [0.1, 0.15) is 0 Å². The Morgan fingerprint density at radius 3 is 2.35 bits per heavy atom. The summed E-state index contributed by atoms with van der Waals surface area (Å²) >= 11 is 1.18. The van der Waals surface area contributed by atoms with Crippen molar-refractivity contribution in [1.82, 2.24) is 4.90 Å². The van der Waals surface area contributed by atoms with Crippen LogP contribution in [0.3, 0.4) is 0 Å². The summed E-state index contributed by atoms with van der Waals surface area (Å²) in [5, 5.41) is 8.49. The van der Waals surface area contributed by atoms with Crippen molar-refractivity contribution in [2.75, 3.05) is 24.6 Å². The van der Waals surface area contributed by atoms with Gasteiger partial charge in [-0.2, -0.15) is 0 Å². The van der Waals surface area contributed by atoms with Crippen LogP contribution in [0.25, 0.3) is 0 Å². The van der Waals surface area contributed by atoms with Crippen LogP contribution in [0.4, 0.5) is 0 Å². The molecule has 0 bridgehead atoms.